The molecule has 168 valence electrons. The highest BCUT2D eigenvalue weighted by atomic mass is 32.2. The Balaban J connectivity index is 1.42. The quantitative estimate of drug-likeness (QED) is 0.257. The molecule has 0 aliphatic carbocycles. The van der Waals surface area contributed by atoms with Crippen molar-refractivity contribution >= 4 is 56.3 Å². The average Bonchev–Trinajstić information content (AvgIpc) is 3.61. The van der Waals surface area contributed by atoms with E-state index in [1.165, 1.54) is 11.8 Å². The number of hydrogen-bond acceptors (Lipinski definition) is 9. The maximum atomic E-state index is 13.4. The van der Waals surface area contributed by atoms with Gasteiger partial charge in [-0.05, 0) is 40.6 Å². The number of benzene rings is 1. The van der Waals surface area contributed by atoms with Crippen LogP contribution in [0.25, 0.3) is 10.2 Å². The van der Waals surface area contributed by atoms with Crippen molar-refractivity contribution in [3.63, 3.8) is 0 Å². The smallest absolute Gasteiger partial charge is 0.253 e. The van der Waals surface area contributed by atoms with Crippen molar-refractivity contribution in [2.24, 2.45) is 5.10 Å². The molecular weight excluding hydrogens is 476 g/mol. The molecule has 0 bridgehead atoms. The Kier molecular flexibility index (Phi) is 6.30. The number of nitrogens with zero attached hydrogens (tertiary/aromatic N) is 4. The van der Waals surface area contributed by atoms with E-state index in [1.807, 2.05) is 47.2 Å². The fourth-order valence-electron chi connectivity index (χ4n) is 3.73. The van der Waals surface area contributed by atoms with Gasteiger partial charge in [0.05, 0.1) is 36.6 Å². The minimum absolute atomic E-state index is 0.0756. The van der Waals surface area contributed by atoms with Crippen LogP contribution in [0.15, 0.2) is 63.6 Å². The standard InChI is InChI=1S/C23H20N4O3S3/c1-29-18-6-5-14(10-19(18)30-2)17-11-16(20-4-3-8-31-20)26-27(17)21(28)12-33-23-15-7-9-32-22(15)24-13-25-23/h3-10,13,17H,11-12H2,1-2H3/t17-/m0/s1. The molecule has 5 rings (SSSR count). The number of thioether (sulfide) groups is 1. The SMILES string of the molecule is COc1ccc([C@@H]2CC(c3cccs3)=NN2C(=O)CSc2ncnc3sccc23)cc1OC. The van der Waals surface area contributed by atoms with Gasteiger partial charge in [-0.1, -0.05) is 23.9 Å². The van der Waals surface area contributed by atoms with Gasteiger partial charge in [-0.15, -0.1) is 22.7 Å². The molecule has 7 nitrogen and oxygen atoms in total. The summed E-state index contributed by atoms with van der Waals surface area (Å²) >= 11 is 4.60. The molecular formula is C23H20N4O3S3. The van der Waals surface area contributed by atoms with Gasteiger partial charge in [0, 0.05) is 11.8 Å². The van der Waals surface area contributed by atoms with Crippen LogP contribution in [0, 0.1) is 0 Å². The fraction of sp³-hybridized carbons (Fsp3) is 0.217. The van der Waals surface area contributed by atoms with E-state index in [1.54, 1.807) is 48.2 Å². The molecule has 33 heavy (non-hydrogen) atoms. The number of methoxy groups -OCH3 is 2. The molecule has 1 aliphatic heterocycles. The van der Waals surface area contributed by atoms with Gasteiger partial charge in [0.15, 0.2) is 11.5 Å². The summed E-state index contributed by atoms with van der Waals surface area (Å²) in [5.41, 5.74) is 1.86. The summed E-state index contributed by atoms with van der Waals surface area (Å²) in [5, 5.41) is 12.1. The van der Waals surface area contributed by atoms with Gasteiger partial charge in [-0.25, -0.2) is 15.0 Å². The Morgan fingerprint density at radius 3 is 2.79 bits per heavy atom. The summed E-state index contributed by atoms with van der Waals surface area (Å²) in [7, 11) is 3.21. The van der Waals surface area contributed by atoms with Gasteiger partial charge in [0.2, 0.25) is 0 Å². The highest BCUT2D eigenvalue weighted by molar-refractivity contribution is 8.00. The van der Waals surface area contributed by atoms with E-state index in [4.69, 9.17) is 14.6 Å². The number of ether oxygens (including phenoxy) is 2. The summed E-state index contributed by atoms with van der Waals surface area (Å²) in [6.45, 7) is 0. The van der Waals surface area contributed by atoms with Gasteiger partial charge in [0.25, 0.3) is 5.91 Å². The first-order chi connectivity index (χ1) is 16.2. The average molecular weight is 497 g/mol. The van der Waals surface area contributed by atoms with Gasteiger partial charge in [-0.3, -0.25) is 4.79 Å². The normalized spacial score (nSPS) is 15.6. The Morgan fingerprint density at radius 1 is 1.12 bits per heavy atom. The fourth-order valence-corrected chi connectivity index (χ4v) is 6.08. The second-order valence-electron chi connectivity index (χ2n) is 7.20. The number of hydrazone groups is 1. The summed E-state index contributed by atoms with van der Waals surface area (Å²) in [4.78, 5) is 24.0. The van der Waals surface area contributed by atoms with E-state index in [9.17, 15) is 4.79 Å². The van der Waals surface area contributed by atoms with Gasteiger partial charge in [0.1, 0.15) is 16.2 Å². The van der Waals surface area contributed by atoms with Crippen LogP contribution in [0.4, 0.5) is 0 Å². The zero-order valence-corrected chi connectivity index (χ0v) is 20.4. The van der Waals surface area contributed by atoms with E-state index in [0.717, 1.165) is 31.4 Å². The molecule has 10 heteroatoms. The van der Waals surface area contributed by atoms with Crippen LogP contribution in [-0.2, 0) is 4.79 Å². The third kappa shape index (κ3) is 4.33. The minimum atomic E-state index is -0.221. The summed E-state index contributed by atoms with van der Waals surface area (Å²) < 4.78 is 10.9. The monoisotopic (exact) mass is 496 g/mol. The largest absolute Gasteiger partial charge is 0.493 e. The van der Waals surface area contributed by atoms with Gasteiger partial charge in [-0.2, -0.15) is 5.10 Å². The number of aromatic nitrogens is 2. The highest BCUT2D eigenvalue weighted by Crippen LogP contribution is 2.38. The zero-order valence-electron chi connectivity index (χ0n) is 17.9. The molecule has 0 saturated carbocycles. The number of rotatable bonds is 7. The van der Waals surface area contributed by atoms with Crippen molar-refractivity contribution in [1.29, 1.82) is 0 Å². The van der Waals surface area contributed by atoms with Gasteiger partial charge >= 0.3 is 0 Å². The van der Waals surface area contributed by atoms with Crippen molar-refractivity contribution in [1.82, 2.24) is 15.0 Å². The summed E-state index contributed by atoms with van der Waals surface area (Å²) in [6.07, 6.45) is 2.18. The van der Waals surface area contributed by atoms with Crippen molar-refractivity contribution < 1.29 is 14.3 Å². The van der Waals surface area contributed by atoms with Crippen molar-refractivity contribution in [2.45, 2.75) is 17.5 Å². The Bertz CT molecular complexity index is 1320. The highest BCUT2D eigenvalue weighted by Gasteiger charge is 2.34. The molecule has 0 N–H and O–H groups in total. The number of carbonyl (C=O) groups excluding carboxylic acids is 1. The van der Waals surface area contributed by atoms with E-state index in [-0.39, 0.29) is 17.7 Å². The van der Waals surface area contributed by atoms with E-state index >= 15 is 0 Å². The number of carbonyl (C=O) groups is 1. The predicted molar refractivity (Wildman–Crippen MR) is 133 cm³/mol. The first kappa shape index (κ1) is 21.9. The van der Waals surface area contributed by atoms with E-state index < -0.39 is 0 Å². The molecule has 4 aromatic rings. The lowest BCUT2D eigenvalue weighted by Crippen LogP contribution is -2.28. The Morgan fingerprint density at radius 2 is 2.00 bits per heavy atom. The minimum Gasteiger partial charge on any atom is -0.493 e. The van der Waals surface area contributed by atoms with Crippen LogP contribution in [0.3, 0.4) is 0 Å². The maximum absolute atomic E-state index is 13.4. The molecule has 3 aromatic heterocycles. The maximum Gasteiger partial charge on any atom is 0.253 e. The van der Waals surface area contributed by atoms with Crippen LogP contribution in [-0.4, -0.2) is 46.6 Å². The lowest BCUT2D eigenvalue weighted by atomic mass is 10.0. The van der Waals surface area contributed by atoms with E-state index in [2.05, 4.69) is 9.97 Å². The van der Waals surface area contributed by atoms with Crippen LogP contribution >= 0.6 is 34.4 Å². The van der Waals surface area contributed by atoms with E-state index in [0.29, 0.717) is 17.9 Å². The van der Waals surface area contributed by atoms with Crippen molar-refractivity contribution in [2.75, 3.05) is 20.0 Å². The number of thiophene rings is 2. The molecule has 1 aliphatic rings. The molecule has 0 radical (unpaired) electrons. The summed E-state index contributed by atoms with van der Waals surface area (Å²) in [6, 6.07) is 11.5. The number of amides is 1. The number of fused-ring (bicyclic) bond motifs is 1. The summed E-state index contributed by atoms with van der Waals surface area (Å²) in [5.74, 6) is 1.43. The topological polar surface area (TPSA) is 76.9 Å². The van der Waals surface area contributed by atoms with Crippen LogP contribution in [0.5, 0.6) is 11.5 Å². The molecule has 4 heterocycles. The lowest BCUT2D eigenvalue weighted by molar-refractivity contribution is -0.130. The number of hydrogen-bond donors (Lipinski definition) is 0. The molecule has 0 spiro atoms. The second-order valence-corrected chi connectivity index (χ2v) is 10.0. The molecule has 0 unspecified atom stereocenters. The van der Waals surface area contributed by atoms with Crippen molar-refractivity contribution in [3.8, 4) is 11.5 Å². The first-order valence-electron chi connectivity index (χ1n) is 10.1. The predicted octanol–water partition coefficient (Wildman–Crippen LogP) is 5.24. The third-order valence-corrected chi connectivity index (χ3v) is 8.05. The van der Waals surface area contributed by atoms with Crippen molar-refractivity contribution in [3.05, 3.63) is 63.9 Å². The van der Waals surface area contributed by atoms with Crippen LogP contribution in [0.1, 0.15) is 22.9 Å². The molecule has 0 saturated heterocycles. The Hall–Kier alpha value is -2.95. The molecule has 1 atom stereocenters. The lowest BCUT2D eigenvalue weighted by Gasteiger charge is -2.22. The molecule has 1 amide bonds. The third-order valence-electron chi connectivity index (χ3n) is 5.32. The first-order valence-corrected chi connectivity index (χ1v) is 12.9. The van der Waals surface area contributed by atoms with Crippen LogP contribution < -0.4 is 9.47 Å². The van der Waals surface area contributed by atoms with Crippen LogP contribution in [0.2, 0.25) is 0 Å². The Labute approximate surface area is 203 Å². The zero-order chi connectivity index (χ0) is 22.8. The molecule has 1 aromatic carbocycles. The second kappa shape index (κ2) is 9.50. The van der Waals surface area contributed by atoms with Gasteiger partial charge < -0.3 is 9.47 Å². The molecule has 0 fully saturated rings.